The lowest BCUT2D eigenvalue weighted by molar-refractivity contribution is 0.104. The quantitative estimate of drug-likeness (QED) is 0.338. The summed E-state index contributed by atoms with van der Waals surface area (Å²) in [6, 6.07) is 18.9. The van der Waals surface area contributed by atoms with E-state index >= 15 is 0 Å². The molecule has 4 aromatic rings. The first kappa shape index (κ1) is 22.4. The summed E-state index contributed by atoms with van der Waals surface area (Å²) in [6.45, 7) is 1.61. The molecular weight excluding hydrogens is 453 g/mol. The second-order valence-corrected chi connectivity index (χ2v) is 9.46. The van der Waals surface area contributed by atoms with Crippen molar-refractivity contribution < 1.29 is 24.1 Å². The fourth-order valence-electron chi connectivity index (χ4n) is 4.36. The molecule has 0 unspecified atom stereocenters. The maximum atomic E-state index is 13.6. The second kappa shape index (κ2) is 9.44. The predicted octanol–water partition coefficient (Wildman–Crippen LogP) is 5.63. The van der Waals surface area contributed by atoms with E-state index in [1.54, 1.807) is 66.7 Å². The summed E-state index contributed by atoms with van der Waals surface area (Å²) in [6.07, 6.45) is 0.868. The van der Waals surface area contributed by atoms with Gasteiger partial charge in [-0.3, -0.25) is 9.69 Å². The van der Waals surface area contributed by atoms with E-state index in [9.17, 15) is 19.4 Å². The molecule has 174 valence electrons. The van der Waals surface area contributed by atoms with Gasteiger partial charge in [-0.25, -0.2) is 4.39 Å². The molecule has 1 aliphatic rings. The lowest BCUT2D eigenvalue weighted by Gasteiger charge is -2.15. The number of ketones is 1. The maximum Gasteiger partial charge on any atom is 0.195 e. The summed E-state index contributed by atoms with van der Waals surface area (Å²) in [7, 11) is 0. The highest BCUT2D eigenvalue weighted by molar-refractivity contribution is 7.22. The normalized spacial score (nSPS) is 16.2. The van der Waals surface area contributed by atoms with Crippen molar-refractivity contribution >= 4 is 27.2 Å². The Bertz CT molecular complexity index is 1320. The molecule has 7 heteroatoms. The van der Waals surface area contributed by atoms with Crippen LogP contribution in [0.4, 0.5) is 4.39 Å². The van der Waals surface area contributed by atoms with E-state index in [-0.39, 0.29) is 30.1 Å². The van der Waals surface area contributed by atoms with Gasteiger partial charge in [-0.2, -0.15) is 0 Å². The van der Waals surface area contributed by atoms with Gasteiger partial charge in [0.1, 0.15) is 30.0 Å². The van der Waals surface area contributed by atoms with Crippen LogP contribution >= 0.6 is 11.3 Å². The van der Waals surface area contributed by atoms with Gasteiger partial charge in [0.2, 0.25) is 0 Å². The number of phenolic OH excluding ortho intramolecular Hbond substituents is 2. The molecule has 0 spiro atoms. The number of hydrogen-bond donors (Lipinski definition) is 2. The molecule has 5 nitrogen and oxygen atoms in total. The van der Waals surface area contributed by atoms with Crippen LogP contribution in [0.5, 0.6) is 17.2 Å². The molecule has 0 saturated carbocycles. The summed E-state index contributed by atoms with van der Waals surface area (Å²) >= 11 is 1.43. The van der Waals surface area contributed by atoms with Gasteiger partial charge in [0.05, 0.1) is 0 Å². The number of rotatable bonds is 7. The number of nitrogens with zero attached hydrogens (tertiary/aromatic N) is 1. The van der Waals surface area contributed by atoms with Crippen LogP contribution in [0.15, 0.2) is 66.7 Å². The highest BCUT2D eigenvalue weighted by Gasteiger charge is 2.24. The van der Waals surface area contributed by atoms with Crippen LogP contribution in [0.2, 0.25) is 0 Å². The van der Waals surface area contributed by atoms with Crippen molar-refractivity contribution in [3.63, 3.8) is 0 Å². The highest BCUT2D eigenvalue weighted by Crippen LogP contribution is 2.41. The lowest BCUT2D eigenvalue weighted by Crippen LogP contribution is -2.26. The number of fused-ring (bicyclic) bond motifs is 1. The van der Waals surface area contributed by atoms with Crippen molar-refractivity contribution in [2.24, 2.45) is 0 Å². The van der Waals surface area contributed by atoms with Crippen molar-refractivity contribution in [3.8, 4) is 27.7 Å². The first-order chi connectivity index (χ1) is 16.5. The Kier molecular flexibility index (Phi) is 6.22. The van der Waals surface area contributed by atoms with E-state index in [0.29, 0.717) is 30.0 Å². The van der Waals surface area contributed by atoms with Gasteiger partial charge < -0.3 is 14.9 Å². The molecular formula is C27H24FNO4S. The molecule has 1 aliphatic heterocycles. The van der Waals surface area contributed by atoms with E-state index in [1.807, 2.05) is 4.90 Å². The van der Waals surface area contributed by atoms with E-state index in [4.69, 9.17) is 4.74 Å². The Morgan fingerprint density at radius 1 is 1.03 bits per heavy atom. The molecule has 1 aromatic heterocycles. The van der Waals surface area contributed by atoms with Crippen LogP contribution in [0.3, 0.4) is 0 Å². The number of benzene rings is 3. The van der Waals surface area contributed by atoms with E-state index < -0.39 is 0 Å². The van der Waals surface area contributed by atoms with Gasteiger partial charge in [0.15, 0.2) is 5.78 Å². The summed E-state index contributed by atoms with van der Waals surface area (Å²) < 4.78 is 19.4. The molecule has 2 N–H and O–H groups in total. The summed E-state index contributed by atoms with van der Waals surface area (Å²) in [4.78, 5) is 16.5. The number of hydrogen-bond acceptors (Lipinski definition) is 6. The van der Waals surface area contributed by atoms with Crippen molar-refractivity contribution in [1.29, 1.82) is 0 Å². The fourth-order valence-corrected chi connectivity index (χ4v) is 5.60. The van der Waals surface area contributed by atoms with Crippen LogP contribution in [0, 0.1) is 0 Å². The zero-order valence-corrected chi connectivity index (χ0v) is 19.2. The predicted molar refractivity (Wildman–Crippen MR) is 132 cm³/mol. The number of thiophene rings is 1. The van der Waals surface area contributed by atoms with Gasteiger partial charge in [-0.1, -0.05) is 0 Å². The maximum absolute atomic E-state index is 13.6. The summed E-state index contributed by atoms with van der Waals surface area (Å²) in [5, 5.41) is 20.4. The Hall–Kier alpha value is -3.42. The Morgan fingerprint density at radius 2 is 1.76 bits per heavy atom. The van der Waals surface area contributed by atoms with Crippen LogP contribution in [-0.4, -0.2) is 53.3 Å². The number of halogens is 1. The first-order valence-corrected chi connectivity index (χ1v) is 12.0. The van der Waals surface area contributed by atoms with Gasteiger partial charge in [0, 0.05) is 45.7 Å². The van der Waals surface area contributed by atoms with E-state index in [1.165, 1.54) is 11.3 Å². The third-order valence-corrected chi connectivity index (χ3v) is 7.28. The molecule has 0 radical (unpaired) electrons. The second-order valence-electron chi connectivity index (χ2n) is 8.41. The summed E-state index contributed by atoms with van der Waals surface area (Å²) in [5.41, 5.74) is 1.92. The standard InChI is InChI=1S/C27H24FNO4S/c28-12-14-29-13-11-22(16-29)33-21-8-3-17(4-9-21)26(32)25-23-10-7-20(31)15-24(23)34-27(25)18-1-5-19(30)6-2-18/h1-10,15,22,30-31H,11-14,16H2/t22-/m1/s1. The number of carbonyl (C=O) groups is 1. The Labute approximate surface area is 200 Å². The minimum atomic E-state index is -0.355. The first-order valence-electron chi connectivity index (χ1n) is 11.2. The lowest BCUT2D eigenvalue weighted by atomic mass is 9.97. The monoisotopic (exact) mass is 477 g/mol. The smallest absolute Gasteiger partial charge is 0.195 e. The number of alkyl halides is 1. The topological polar surface area (TPSA) is 70.0 Å². The van der Waals surface area contributed by atoms with Crippen molar-refractivity contribution in [2.75, 3.05) is 26.3 Å². The molecule has 1 saturated heterocycles. The molecule has 0 bridgehead atoms. The van der Waals surface area contributed by atoms with Crippen molar-refractivity contribution in [3.05, 3.63) is 77.9 Å². The SMILES string of the molecule is O=C(c1ccc(O[C@@H]2CCN(CCF)C2)cc1)c1c(-c2ccc(O)cc2)sc2cc(O)ccc12. The zero-order chi connectivity index (χ0) is 23.7. The molecule has 3 aromatic carbocycles. The number of ether oxygens (including phenoxy) is 1. The molecule has 34 heavy (non-hydrogen) atoms. The van der Waals surface area contributed by atoms with Crippen LogP contribution in [0.25, 0.3) is 20.5 Å². The van der Waals surface area contributed by atoms with E-state index in [0.717, 1.165) is 33.5 Å². The van der Waals surface area contributed by atoms with Crippen LogP contribution in [-0.2, 0) is 0 Å². The molecule has 2 heterocycles. The molecule has 1 fully saturated rings. The average molecular weight is 478 g/mol. The molecule has 5 rings (SSSR count). The fraction of sp³-hybridized carbons (Fsp3) is 0.222. The zero-order valence-electron chi connectivity index (χ0n) is 18.4. The van der Waals surface area contributed by atoms with Gasteiger partial charge in [-0.05, 0) is 78.7 Å². The van der Waals surface area contributed by atoms with Crippen LogP contribution < -0.4 is 4.74 Å². The minimum Gasteiger partial charge on any atom is -0.508 e. The van der Waals surface area contributed by atoms with Crippen molar-refractivity contribution in [2.45, 2.75) is 12.5 Å². The third-order valence-electron chi connectivity index (χ3n) is 6.08. The van der Waals surface area contributed by atoms with Gasteiger partial charge >= 0.3 is 0 Å². The van der Waals surface area contributed by atoms with Gasteiger partial charge in [0.25, 0.3) is 0 Å². The average Bonchev–Trinajstić information content (AvgIpc) is 3.43. The number of carbonyl (C=O) groups excluding carboxylic acids is 1. The third kappa shape index (κ3) is 4.49. The molecule has 1 atom stereocenters. The highest BCUT2D eigenvalue weighted by atomic mass is 32.1. The van der Waals surface area contributed by atoms with Gasteiger partial charge in [-0.15, -0.1) is 11.3 Å². The minimum absolute atomic E-state index is 0.0164. The van der Waals surface area contributed by atoms with E-state index in [2.05, 4.69) is 0 Å². The Morgan fingerprint density at radius 3 is 2.50 bits per heavy atom. The van der Waals surface area contributed by atoms with Crippen LogP contribution in [0.1, 0.15) is 22.3 Å². The Balaban J connectivity index is 1.44. The number of phenols is 2. The summed E-state index contributed by atoms with van der Waals surface area (Å²) in [5.74, 6) is 0.855. The number of likely N-dealkylation sites (tertiary alicyclic amines) is 1. The molecule has 0 aliphatic carbocycles. The largest absolute Gasteiger partial charge is 0.508 e. The van der Waals surface area contributed by atoms with Crippen molar-refractivity contribution in [1.82, 2.24) is 4.90 Å². The number of aromatic hydroxyl groups is 2. The molecule has 0 amide bonds.